The Bertz CT molecular complexity index is 997. The average Bonchev–Trinajstić information content (AvgIpc) is 2.76. The van der Waals surface area contributed by atoms with Crippen LogP contribution in [0.2, 0.25) is 0 Å². The Labute approximate surface area is 254 Å². The van der Waals surface area contributed by atoms with E-state index in [-0.39, 0.29) is 6.61 Å². The predicted octanol–water partition coefficient (Wildman–Crippen LogP) is 5.42. The van der Waals surface area contributed by atoms with Gasteiger partial charge in [0.2, 0.25) is 0 Å². The third-order valence-electron chi connectivity index (χ3n) is 4.62. The zero-order valence-corrected chi connectivity index (χ0v) is 27.4. The van der Waals surface area contributed by atoms with Crippen LogP contribution in [0.25, 0.3) is 0 Å². The van der Waals surface area contributed by atoms with E-state index >= 15 is 0 Å². The number of nitrogens with zero attached hydrogens (tertiary/aromatic N) is 1. The molecule has 172 valence electrons. The van der Waals surface area contributed by atoms with Gasteiger partial charge in [-0.15, -0.1) is 0 Å². The SMILES string of the molecule is O=C(OCC(CN1CCOCC1)OC(=O)c1cc(I)cc(I)c1I)c1cccc(I)c1I. The van der Waals surface area contributed by atoms with Gasteiger partial charge in [-0.25, -0.2) is 9.59 Å². The Morgan fingerprint density at radius 3 is 2.34 bits per heavy atom. The quantitative estimate of drug-likeness (QED) is 0.210. The van der Waals surface area contributed by atoms with Crippen LogP contribution in [0.4, 0.5) is 0 Å². The van der Waals surface area contributed by atoms with E-state index in [0.717, 1.165) is 30.9 Å². The van der Waals surface area contributed by atoms with Crippen LogP contribution in [0.5, 0.6) is 0 Å². The summed E-state index contributed by atoms with van der Waals surface area (Å²) in [6.45, 7) is 3.22. The lowest BCUT2D eigenvalue weighted by Gasteiger charge is -2.30. The Balaban J connectivity index is 1.73. The van der Waals surface area contributed by atoms with Gasteiger partial charge in [0.05, 0.1) is 24.3 Å². The van der Waals surface area contributed by atoms with E-state index in [9.17, 15) is 9.59 Å². The molecule has 0 spiro atoms. The van der Waals surface area contributed by atoms with Crippen molar-refractivity contribution in [1.29, 1.82) is 0 Å². The van der Waals surface area contributed by atoms with E-state index < -0.39 is 18.0 Å². The van der Waals surface area contributed by atoms with Gasteiger partial charge in [-0.1, -0.05) is 6.07 Å². The average molecular weight is 999 g/mol. The minimum atomic E-state index is -0.587. The van der Waals surface area contributed by atoms with E-state index in [4.69, 9.17) is 14.2 Å². The van der Waals surface area contributed by atoms with Gasteiger partial charge < -0.3 is 14.2 Å². The van der Waals surface area contributed by atoms with Crippen molar-refractivity contribution >= 4 is 125 Å². The minimum absolute atomic E-state index is 0.0128. The first-order valence-electron chi connectivity index (χ1n) is 9.53. The number of esters is 2. The van der Waals surface area contributed by atoms with Crippen LogP contribution in [-0.4, -0.2) is 62.4 Å². The summed E-state index contributed by atoms with van der Waals surface area (Å²) >= 11 is 10.9. The molecule has 3 rings (SSSR count). The summed E-state index contributed by atoms with van der Waals surface area (Å²) in [5, 5.41) is 0. The number of ether oxygens (including phenoxy) is 3. The number of benzene rings is 2. The van der Waals surface area contributed by atoms with E-state index in [1.165, 1.54) is 0 Å². The summed E-state index contributed by atoms with van der Waals surface area (Å²) < 4.78 is 21.5. The molecule has 1 atom stereocenters. The molecule has 1 aliphatic heterocycles. The van der Waals surface area contributed by atoms with Gasteiger partial charge in [-0.05, 0) is 137 Å². The summed E-state index contributed by atoms with van der Waals surface area (Å²) in [4.78, 5) is 27.9. The third kappa shape index (κ3) is 7.72. The Morgan fingerprint density at radius 2 is 1.62 bits per heavy atom. The molecule has 1 fully saturated rings. The Hall–Kier alpha value is 0.950. The second-order valence-corrected chi connectivity index (χ2v) is 12.6. The highest BCUT2D eigenvalue weighted by Gasteiger charge is 2.25. The molecule has 11 heteroatoms. The zero-order valence-electron chi connectivity index (χ0n) is 16.6. The van der Waals surface area contributed by atoms with Gasteiger partial charge in [0.1, 0.15) is 12.7 Å². The molecular weight excluding hydrogens is 981 g/mol. The predicted molar refractivity (Wildman–Crippen MR) is 163 cm³/mol. The lowest BCUT2D eigenvalue weighted by Crippen LogP contribution is -2.44. The third-order valence-corrected chi connectivity index (χ3v) is 11.4. The highest BCUT2D eigenvalue weighted by Crippen LogP contribution is 2.24. The summed E-state index contributed by atoms with van der Waals surface area (Å²) in [6, 6.07) is 9.33. The topological polar surface area (TPSA) is 65.1 Å². The van der Waals surface area contributed by atoms with Crippen molar-refractivity contribution in [3.8, 4) is 0 Å². The Kier molecular flexibility index (Phi) is 11.5. The monoisotopic (exact) mass is 999 g/mol. The lowest BCUT2D eigenvalue weighted by molar-refractivity contribution is -0.0261. The van der Waals surface area contributed by atoms with E-state index in [0.29, 0.717) is 30.9 Å². The molecule has 0 N–H and O–H groups in total. The summed E-state index contributed by atoms with van der Waals surface area (Å²) in [5.74, 6) is -0.835. The maximum Gasteiger partial charge on any atom is 0.339 e. The fourth-order valence-corrected chi connectivity index (χ4v) is 6.48. The molecule has 1 unspecified atom stereocenters. The normalized spacial score (nSPS) is 15.3. The fourth-order valence-electron chi connectivity index (χ4n) is 3.02. The zero-order chi connectivity index (χ0) is 23.3. The van der Waals surface area contributed by atoms with Crippen molar-refractivity contribution in [3.63, 3.8) is 0 Å². The molecule has 0 aliphatic carbocycles. The van der Waals surface area contributed by atoms with E-state index in [1.54, 1.807) is 6.07 Å². The van der Waals surface area contributed by atoms with Crippen LogP contribution in [0.15, 0.2) is 30.3 Å². The first-order valence-corrected chi connectivity index (χ1v) is 14.9. The molecule has 0 bridgehead atoms. The second-order valence-electron chi connectivity index (χ2n) is 6.89. The van der Waals surface area contributed by atoms with Gasteiger partial charge >= 0.3 is 11.9 Å². The molecule has 1 aliphatic rings. The van der Waals surface area contributed by atoms with Crippen molar-refractivity contribution < 1.29 is 23.8 Å². The van der Waals surface area contributed by atoms with Crippen LogP contribution in [0, 0.1) is 17.9 Å². The van der Waals surface area contributed by atoms with Crippen LogP contribution >= 0.6 is 113 Å². The molecule has 1 saturated heterocycles. The molecule has 32 heavy (non-hydrogen) atoms. The van der Waals surface area contributed by atoms with Crippen molar-refractivity contribution in [2.45, 2.75) is 6.10 Å². The van der Waals surface area contributed by atoms with E-state index in [2.05, 4.69) is 118 Å². The highest BCUT2D eigenvalue weighted by atomic mass is 127. The summed E-state index contributed by atoms with van der Waals surface area (Å²) in [5.41, 5.74) is 1.03. The molecular formula is C21H18I5NO5. The van der Waals surface area contributed by atoms with Gasteiger partial charge in [-0.3, -0.25) is 4.90 Å². The van der Waals surface area contributed by atoms with Gasteiger partial charge in [0, 0.05) is 37.5 Å². The van der Waals surface area contributed by atoms with Crippen molar-refractivity contribution in [1.82, 2.24) is 4.90 Å². The number of rotatable bonds is 7. The lowest BCUT2D eigenvalue weighted by atomic mass is 10.2. The molecule has 2 aromatic carbocycles. The van der Waals surface area contributed by atoms with Crippen LogP contribution in [0.1, 0.15) is 20.7 Å². The number of carbonyl (C=O) groups excluding carboxylic acids is 2. The van der Waals surface area contributed by atoms with Crippen molar-refractivity contribution in [3.05, 3.63) is 59.3 Å². The summed E-state index contributed by atoms with van der Waals surface area (Å²) in [7, 11) is 0. The highest BCUT2D eigenvalue weighted by molar-refractivity contribution is 14.1. The Morgan fingerprint density at radius 1 is 0.938 bits per heavy atom. The summed E-state index contributed by atoms with van der Waals surface area (Å²) in [6.07, 6.45) is -0.587. The molecule has 0 radical (unpaired) electrons. The first-order chi connectivity index (χ1) is 15.3. The van der Waals surface area contributed by atoms with Crippen LogP contribution in [0.3, 0.4) is 0 Å². The van der Waals surface area contributed by atoms with Crippen LogP contribution < -0.4 is 0 Å². The number of hydrogen-bond donors (Lipinski definition) is 0. The largest absolute Gasteiger partial charge is 0.458 e. The maximum absolute atomic E-state index is 13.0. The van der Waals surface area contributed by atoms with Crippen molar-refractivity contribution in [2.24, 2.45) is 0 Å². The molecule has 1 heterocycles. The van der Waals surface area contributed by atoms with E-state index in [1.807, 2.05) is 24.3 Å². The minimum Gasteiger partial charge on any atom is -0.458 e. The number of morpholine rings is 1. The second kappa shape index (κ2) is 13.3. The molecule has 0 amide bonds. The molecule has 6 nitrogen and oxygen atoms in total. The fraction of sp³-hybridized carbons (Fsp3) is 0.333. The standard InChI is InChI=1S/C21H18I5NO5/c22-12-8-15(19(26)17(24)9-12)21(29)32-13(10-27-4-6-30-7-5-27)11-31-20(28)14-2-1-3-16(23)18(14)25/h1-3,8-9,13H,4-7,10-11H2. The number of carbonyl (C=O) groups is 2. The maximum atomic E-state index is 13.0. The molecule has 0 aromatic heterocycles. The first kappa shape index (κ1) is 27.5. The van der Waals surface area contributed by atoms with Gasteiger partial charge in [0.25, 0.3) is 0 Å². The molecule has 0 saturated carbocycles. The number of halogens is 5. The smallest absolute Gasteiger partial charge is 0.339 e. The van der Waals surface area contributed by atoms with Crippen molar-refractivity contribution in [2.75, 3.05) is 39.5 Å². The number of hydrogen-bond acceptors (Lipinski definition) is 6. The van der Waals surface area contributed by atoms with Gasteiger partial charge in [0.15, 0.2) is 0 Å². The molecule has 2 aromatic rings. The van der Waals surface area contributed by atoms with Crippen LogP contribution in [-0.2, 0) is 14.2 Å². The van der Waals surface area contributed by atoms with Gasteiger partial charge in [-0.2, -0.15) is 0 Å².